The molecule has 0 atom stereocenters. The van der Waals surface area contributed by atoms with E-state index < -0.39 is 28.3 Å². The first-order valence-corrected chi connectivity index (χ1v) is 14.1. The average molecular weight is 541 g/mol. The van der Waals surface area contributed by atoms with Crippen molar-refractivity contribution in [3.05, 3.63) is 41.0 Å². The largest absolute Gasteiger partial charge is 0.495 e. The van der Waals surface area contributed by atoms with Crippen LogP contribution in [0.15, 0.2) is 18.2 Å². The van der Waals surface area contributed by atoms with Crippen LogP contribution in [0.4, 0.5) is 13.2 Å². The molecule has 1 aliphatic carbocycles. The van der Waals surface area contributed by atoms with Crippen molar-refractivity contribution in [3.8, 4) is 17.5 Å². The summed E-state index contributed by atoms with van der Waals surface area (Å²) in [5, 5.41) is 12.4. The molecule has 0 aliphatic heterocycles. The van der Waals surface area contributed by atoms with Crippen LogP contribution in [-0.4, -0.2) is 55.2 Å². The van der Waals surface area contributed by atoms with E-state index in [9.17, 15) is 31.6 Å². The second-order valence-corrected chi connectivity index (χ2v) is 11.7. The minimum atomic E-state index is -4.28. The van der Waals surface area contributed by atoms with E-state index in [1.807, 2.05) is 13.0 Å². The topological polar surface area (TPSA) is 114 Å². The molecule has 8 nitrogen and oxygen atoms in total. The van der Waals surface area contributed by atoms with Gasteiger partial charge in [0, 0.05) is 25.6 Å². The lowest BCUT2D eigenvalue weighted by molar-refractivity contribution is -0.134. The van der Waals surface area contributed by atoms with Crippen LogP contribution in [0, 0.1) is 17.2 Å². The van der Waals surface area contributed by atoms with E-state index >= 15 is 0 Å². The van der Waals surface area contributed by atoms with Gasteiger partial charge in [-0.1, -0.05) is 13.0 Å². The van der Waals surface area contributed by atoms with Gasteiger partial charge in [0.05, 0.1) is 18.0 Å². The Labute approximate surface area is 214 Å². The Balaban J connectivity index is 1.81. The van der Waals surface area contributed by atoms with Gasteiger partial charge in [-0.15, -0.1) is 0 Å². The lowest BCUT2D eigenvalue weighted by Gasteiger charge is -2.27. The molecule has 1 aliphatic rings. The standard InChI is InChI=1S/C25H31F3N4O4S/c1-4-22-31-23(24(33)30-15-17-5-8-18(9-6-17)37(3,34)35)20(14-29)32(22)19-10-7-16(13-21(19)36-2)11-12-25(26,27)28/h7,10,13,17-18H,4-6,8-9,11-12,15H2,1-3H3,(H,30,33)/t17-,18-. The first-order valence-electron chi connectivity index (χ1n) is 12.1. The zero-order chi connectivity index (χ0) is 27.4. The zero-order valence-electron chi connectivity index (χ0n) is 21.1. The molecule has 0 radical (unpaired) electrons. The quantitative estimate of drug-likeness (QED) is 0.511. The molecule has 0 saturated heterocycles. The molecule has 37 heavy (non-hydrogen) atoms. The summed E-state index contributed by atoms with van der Waals surface area (Å²) in [4.78, 5) is 17.4. The molecule has 1 fully saturated rings. The molecule has 2 aromatic rings. The predicted molar refractivity (Wildman–Crippen MR) is 132 cm³/mol. The summed E-state index contributed by atoms with van der Waals surface area (Å²) in [5.74, 6) is 0.301. The number of nitrogens with one attached hydrogen (secondary N) is 1. The molecule has 1 amide bonds. The zero-order valence-corrected chi connectivity index (χ0v) is 21.9. The van der Waals surface area contributed by atoms with Crippen LogP contribution < -0.4 is 10.1 Å². The van der Waals surface area contributed by atoms with E-state index in [1.54, 1.807) is 6.07 Å². The smallest absolute Gasteiger partial charge is 0.389 e. The maximum absolute atomic E-state index is 13.0. The van der Waals surface area contributed by atoms with E-state index in [4.69, 9.17) is 4.74 Å². The molecule has 0 spiro atoms. The number of hydrogen-bond acceptors (Lipinski definition) is 6. The minimum Gasteiger partial charge on any atom is -0.495 e. The van der Waals surface area contributed by atoms with Gasteiger partial charge in [-0.25, -0.2) is 13.4 Å². The number of nitrogens with zero attached hydrogens (tertiary/aromatic N) is 3. The highest BCUT2D eigenvalue weighted by Crippen LogP contribution is 2.31. The third-order valence-electron chi connectivity index (χ3n) is 6.72. The van der Waals surface area contributed by atoms with Crippen LogP contribution in [0.2, 0.25) is 0 Å². The number of carbonyl (C=O) groups excluding carboxylic acids is 1. The summed E-state index contributed by atoms with van der Waals surface area (Å²) in [7, 11) is -1.70. The summed E-state index contributed by atoms with van der Waals surface area (Å²) in [6.07, 6.45) is -1.38. The number of methoxy groups -OCH3 is 1. The fraction of sp³-hybridized carbons (Fsp3) is 0.560. The van der Waals surface area contributed by atoms with E-state index in [1.165, 1.54) is 30.1 Å². The van der Waals surface area contributed by atoms with Crippen molar-refractivity contribution < 1.29 is 31.1 Å². The predicted octanol–water partition coefficient (Wildman–Crippen LogP) is 4.14. The van der Waals surface area contributed by atoms with Crippen molar-refractivity contribution in [1.82, 2.24) is 14.9 Å². The van der Waals surface area contributed by atoms with Crippen molar-refractivity contribution in [2.75, 3.05) is 19.9 Å². The van der Waals surface area contributed by atoms with Crippen molar-refractivity contribution >= 4 is 15.7 Å². The number of hydrogen-bond donors (Lipinski definition) is 1. The number of rotatable bonds is 9. The summed E-state index contributed by atoms with van der Waals surface area (Å²) in [6, 6.07) is 6.63. The molecular formula is C25H31F3N4O4S. The molecule has 3 rings (SSSR count). The number of ether oxygens (including phenoxy) is 1. The van der Waals surface area contributed by atoms with Crippen LogP contribution in [0.3, 0.4) is 0 Å². The molecule has 1 aromatic heterocycles. The molecule has 1 heterocycles. The van der Waals surface area contributed by atoms with Crippen LogP contribution >= 0.6 is 0 Å². The van der Waals surface area contributed by atoms with E-state index in [2.05, 4.69) is 10.3 Å². The number of amides is 1. The van der Waals surface area contributed by atoms with Crippen LogP contribution in [0.25, 0.3) is 5.69 Å². The van der Waals surface area contributed by atoms with E-state index in [0.717, 1.165) is 0 Å². The first kappa shape index (κ1) is 28.5. The molecule has 0 bridgehead atoms. The normalized spacial score (nSPS) is 18.3. The van der Waals surface area contributed by atoms with Gasteiger partial charge in [-0.2, -0.15) is 18.4 Å². The van der Waals surface area contributed by atoms with Gasteiger partial charge in [0.15, 0.2) is 11.4 Å². The van der Waals surface area contributed by atoms with Crippen LogP contribution in [0.5, 0.6) is 5.75 Å². The monoisotopic (exact) mass is 540 g/mol. The number of carbonyl (C=O) groups is 1. The maximum Gasteiger partial charge on any atom is 0.389 e. The molecule has 1 aromatic carbocycles. The van der Waals surface area contributed by atoms with Gasteiger partial charge in [-0.3, -0.25) is 9.36 Å². The Morgan fingerprint density at radius 3 is 2.49 bits per heavy atom. The molecule has 1 N–H and O–H groups in total. The number of aromatic nitrogens is 2. The average Bonchev–Trinajstić information content (AvgIpc) is 3.23. The second kappa shape index (κ2) is 11.5. The minimum absolute atomic E-state index is 0.00326. The Kier molecular flexibility index (Phi) is 8.89. The lowest BCUT2D eigenvalue weighted by atomic mass is 9.89. The molecular weight excluding hydrogens is 509 g/mol. The fourth-order valence-electron chi connectivity index (χ4n) is 4.66. The van der Waals surface area contributed by atoms with Gasteiger partial charge in [0.2, 0.25) is 0 Å². The third kappa shape index (κ3) is 7.03. The van der Waals surface area contributed by atoms with E-state index in [-0.39, 0.29) is 34.7 Å². The molecule has 0 unspecified atom stereocenters. The highest BCUT2D eigenvalue weighted by Gasteiger charge is 2.30. The molecule has 12 heteroatoms. The Morgan fingerprint density at radius 1 is 1.27 bits per heavy atom. The summed E-state index contributed by atoms with van der Waals surface area (Å²) < 4.78 is 68.4. The van der Waals surface area contributed by atoms with E-state index in [0.29, 0.717) is 55.7 Å². The van der Waals surface area contributed by atoms with Crippen molar-refractivity contribution in [3.63, 3.8) is 0 Å². The second-order valence-electron chi connectivity index (χ2n) is 9.33. The van der Waals surface area contributed by atoms with Gasteiger partial charge >= 0.3 is 6.18 Å². The number of nitriles is 1. The number of alkyl halides is 3. The number of aryl methyl sites for hydroxylation is 2. The van der Waals surface area contributed by atoms with Crippen LogP contribution in [-0.2, 0) is 22.7 Å². The first-order chi connectivity index (χ1) is 17.4. The maximum atomic E-state index is 13.0. The van der Waals surface area contributed by atoms with Gasteiger partial charge in [-0.05, 0) is 55.7 Å². The number of halogens is 3. The van der Waals surface area contributed by atoms with Crippen molar-refractivity contribution in [1.29, 1.82) is 5.26 Å². The highest BCUT2D eigenvalue weighted by molar-refractivity contribution is 7.91. The number of sulfone groups is 1. The van der Waals surface area contributed by atoms with Crippen molar-refractivity contribution in [2.24, 2.45) is 5.92 Å². The van der Waals surface area contributed by atoms with Crippen molar-refractivity contribution in [2.45, 2.75) is 63.3 Å². The Hall–Kier alpha value is -3.07. The Bertz CT molecular complexity index is 1270. The Morgan fingerprint density at radius 2 is 1.95 bits per heavy atom. The summed E-state index contributed by atoms with van der Waals surface area (Å²) in [5.41, 5.74) is 0.777. The molecule has 202 valence electrons. The van der Waals surface area contributed by atoms with Gasteiger partial charge in [0.1, 0.15) is 27.5 Å². The third-order valence-corrected chi connectivity index (χ3v) is 8.40. The summed E-state index contributed by atoms with van der Waals surface area (Å²) in [6.45, 7) is 2.15. The lowest BCUT2D eigenvalue weighted by Crippen LogP contribution is -2.34. The van der Waals surface area contributed by atoms with Crippen LogP contribution in [0.1, 0.15) is 66.6 Å². The van der Waals surface area contributed by atoms with Gasteiger partial charge < -0.3 is 10.1 Å². The van der Waals surface area contributed by atoms with Gasteiger partial charge in [0.25, 0.3) is 5.91 Å². The SMILES string of the molecule is CCc1nc(C(=O)NC[C@H]2CC[C@H](S(C)(=O)=O)CC2)c(C#N)n1-c1ccc(CCC(F)(F)F)cc1OC. The summed E-state index contributed by atoms with van der Waals surface area (Å²) >= 11 is 0. The molecule has 1 saturated carbocycles. The number of benzene rings is 1. The highest BCUT2D eigenvalue weighted by atomic mass is 32.2. The fourth-order valence-corrected chi connectivity index (χ4v) is 5.79. The number of imidazole rings is 1.